The van der Waals surface area contributed by atoms with Gasteiger partial charge in [-0.2, -0.15) is 0 Å². The molecule has 3 rings (SSSR count). The Hall–Kier alpha value is -2.46. The lowest BCUT2D eigenvalue weighted by atomic mass is 10.1. The number of hydrogen-bond donors (Lipinski definition) is 1. The van der Waals surface area contributed by atoms with Gasteiger partial charge in [-0.15, -0.1) is 0 Å². The summed E-state index contributed by atoms with van der Waals surface area (Å²) in [6.45, 7) is 0.575. The Labute approximate surface area is 146 Å². The van der Waals surface area contributed by atoms with Crippen molar-refractivity contribution in [1.82, 2.24) is 9.88 Å². The summed E-state index contributed by atoms with van der Waals surface area (Å²) in [5.74, 6) is 0.699. The minimum atomic E-state index is -0.0818. The first kappa shape index (κ1) is 16.4. The van der Waals surface area contributed by atoms with E-state index in [0.717, 1.165) is 28.6 Å². The van der Waals surface area contributed by atoms with Crippen LogP contribution in [0.2, 0.25) is 5.02 Å². The zero-order chi connectivity index (χ0) is 17.1. The fourth-order valence-electron chi connectivity index (χ4n) is 2.73. The molecule has 0 aliphatic rings. The van der Waals surface area contributed by atoms with E-state index in [4.69, 9.17) is 16.3 Å². The quantitative estimate of drug-likeness (QED) is 0.766. The van der Waals surface area contributed by atoms with E-state index in [2.05, 4.69) is 5.32 Å². The number of halogens is 1. The smallest absolute Gasteiger partial charge is 0.267 e. The molecule has 1 N–H and O–H groups in total. The number of methoxy groups -OCH3 is 1. The number of ether oxygens (including phenoxy) is 1. The van der Waals surface area contributed by atoms with E-state index in [-0.39, 0.29) is 5.91 Å². The van der Waals surface area contributed by atoms with E-state index in [1.807, 2.05) is 60.1 Å². The summed E-state index contributed by atoms with van der Waals surface area (Å²) in [5, 5.41) is 4.67. The molecule has 0 atom stereocenters. The molecule has 4 nitrogen and oxygen atoms in total. The van der Waals surface area contributed by atoms with Crippen LogP contribution in [0.25, 0.3) is 10.9 Å². The third-order valence-corrected chi connectivity index (χ3v) is 4.35. The van der Waals surface area contributed by atoms with Crippen LogP contribution in [0, 0.1) is 0 Å². The predicted octanol–water partition coefficient (Wildman–Crippen LogP) is 3.81. The Morgan fingerprint density at radius 2 is 1.92 bits per heavy atom. The van der Waals surface area contributed by atoms with Crippen molar-refractivity contribution in [3.63, 3.8) is 0 Å². The standard InChI is InChI=1S/C19H19ClN2O2/c1-22-17-8-7-16(24-2)11-14(17)12-18(22)19(23)21-10-9-13-3-5-15(20)6-4-13/h3-8,11-12H,9-10H2,1-2H3,(H,21,23). The molecule has 0 aliphatic carbocycles. The van der Waals surface area contributed by atoms with Gasteiger partial charge < -0.3 is 14.6 Å². The van der Waals surface area contributed by atoms with Gasteiger partial charge in [-0.05, 0) is 48.4 Å². The first-order valence-electron chi connectivity index (χ1n) is 7.74. The zero-order valence-electron chi connectivity index (χ0n) is 13.7. The van der Waals surface area contributed by atoms with E-state index >= 15 is 0 Å². The molecular weight excluding hydrogens is 324 g/mol. The van der Waals surface area contributed by atoms with Gasteiger partial charge in [0.05, 0.1) is 7.11 Å². The topological polar surface area (TPSA) is 43.3 Å². The number of nitrogens with zero attached hydrogens (tertiary/aromatic N) is 1. The fraction of sp³-hybridized carbons (Fsp3) is 0.211. The lowest BCUT2D eigenvalue weighted by molar-refractivity contribution is 0.0946. The van der Waals surface area contributed by atoms with Crippen LogP contribution in [0.4, 0.5) is 0 Å². The summed E-state index contributed by atoms with van der Waals surface area (Å²) < 4.78 is 7.13. The van der Waals surface area contributed by atoms with Crippen LogP contribution in [-0.2, 0) is 13.5 Å². The van der Waals surface area contributed by atoms with Gasteiger partial charge in [0.2, 0.25) is 0 Å². The molecule has 0 aliphatic heterocycles. The molecule has 2 aromatic carbocycles. The Morgan fingerprint density at radius 1 is 1.17 bits per heavy atom. The van der Waals surface area contributed by atoms with E-state index in [0.29, 0.717) is 17.3 Å². The summed E-state index contributed by atoms with van der Waals surface area (Å²) in [4.78, 5) is 12.4. The van der Waals surface area contributed by atoms with E-state index in [9.17, 15) is 4.79 Å². The molecule has 0 bridgehead atoms. The van der Waals surface area contributed by atoms with Crippen molar-refractivity contribution in [3.05, 3.63) is 64.8 Å². The summed E-state index contributed by atoms with van der Waals surface area (Å²) in [6, 6.07) is 15.3. The number of nitrogens with one attached hydrogen (secondary N) is 1. The number of carbonyl (C=O) groups is 1. The van der Waals surface area contributed by atoms with Crippen molar-refractivity contribution in [1.29, 1.82) is 0 Å². The molecule has 0 spiro atoms. The second kappa shape index (κ2) is 6.97. The normalized spacial score (nSPS) is 10.8. The summed E-state index contributed by atoms with van der Waals surface area (Å²) in [6.07, 6.45) is 0.765. The second-order valence-corrected chi connectivity index (χ2v) is 6.08. The average Bonchev–Trinajstić information content (AvgIpc) is 2.93. The average molecular weight is 343 g/mol. The van der Waals surface area contributed by atoms with Crippen LogP contribution >= 0.6 is 11.6 Å². The van der Waals surface area contributed by atoms with Crippen molar-refractivity contribution >= 4 is 28.4 Å². The highest BCUT2D eigenvalue weighted by molar-refractivity contribution is 6.30. The monoisotopic (exact) mass is 342 g/mol. The van der Waals surface area contributed by atoms with Gasteiger partial charge >= 0.3 is 0 Å². The lowest BCUT2D eigenvalue weighted by Crippen LogP contribution is -2.27. The number of rotatable bonds is 5. The van der Waals surface area contributed by atoms with Gasteiger partial charge in [-0.25, -0.2) is 0 Å². The number of carbonyl (C=O) groups excluding carboxylic acids is 1. The fourth-order valence-corrected chi connectivity index (χ4v) is 2.86. The Bertz CT molecular complexity index is 869. The molecule has 0 radical (unpaired) electrons. The molecule has 1 heterocycles. The van der Waals surface area contributed by atoms with Crippen LogP contribution in [0.1, 0.15) is 16.1 Å². The Morgan fingerprint density at radius 3 is 2.62 bits per heavy atom. The molecule has 1 amide bonds. The third-order valence-electron chi connectivity index (χ3n) is 4.09. The zero-order valence-corrected chi connectivity index (χ0v) is 14.4. The first-order chi connectivity index (χ1) is 11.6. The highest BCUT2D eigenvalue weighted by Crippen LogP contribution is 2.23. The Kier molecular flexibility index (Phi) is 4.76. The number of amides is 1. The van der Waals surface area contributed by atoms with Crippen molar-refractivity contribution in [2.24, 2.45) is 7.05 Å². The van der Waals surface area contributed by atoms with Crippen molar-refractivity contribution in [3.8, 4) is 5.75 Å². The number of benzene rings is 2. The maximum atomic E-state index is 12.4. The van der Waals surface area contributed by atoms with Crippen molar-refractivity contribution in [2.75, 3.05) is 13.7 Å². The molecule has 5 heteroatoms. The number of hydrogen-bond acceptors (Lipinski definition) is 2. The Balaban J connectivity index is 1.69. The summed E-state index contributed by atoms with van der Waals surface area (Å²) in [5.41, 5.74) is 2.77. The molecule has 0 saturated carbocycles. The first-order valence-corrected chi connectivity index (χ1v) is 8.12. The molecule has 0 saturated heterocycles. The number of aryl methyl sites for hydroxylation is 1. The minimum absolute atomic E-state index is 0.0818. The molecular formula is C19H19ClN2O2. The number of fused-ring (bicyclic) bond motifs is 1. The van der Waals surface area contributed by atoms with E-state index in [1.165, 1.54) is 0 Å². The van der Waals surface area contributed by atoms with Gasteiger partial charge in [-0.1, -0.05) is 23.7 Å². The largest absolute Gasteiger partial charge is 0.497 e. The third kappa shape index (κ3) is 3.39. The van der Waals surface area contributed by atoms with Crippen molar-refractivity contribution < 1.29 is 9.53 Å². The minimum Gasteiger partial charge on any atom is -0.497 e. The maximum absolute atomic E-state index is 12.4. The molecule has 0 fully saturated rings. The van der Waals surface area contributed by atoms with Gasteiger partial charge in [0.25, 0.3) is 5.91 Å². The van der Waals surface area contributed by atoms with Crippen molar-refractivity contribution in [2.45, 2.75) is 6.42 Å². The van der Waals surface area contributed by atoms with E-state index < -0.39 is 0 Å². The molecule has 24 heavy (non-hydrogen) atoms. The van der Waals surface area contributed by atoms with Gasteiger partial charge in [-0.3, -0.25) is 4.79 Å². The van der Waals surface area contributed by atoms with Crippen LogP contribution < -0.4 is 10.1 Å². The second-order valence-electron chi connectivity index (χ2n) is 5.65. The van der Waals surface area contributed by atoms with Gasteiger partial charge in [0, 0.05) is 29.5 Å². The highest BCUT2D eigenvalue weighted by Gasteiger charge is 2.13. The van der Waals surface area contributed by atoms with Crippen LogP contribution in [0.15, 0.2) is 48.5 Å². The molecule has 1 aromatic heterocycles. The molecule has 3 aromatic rings. The van der Waals surface area contributed by atoms with Crippen LogP contribution in [0.3, 0.4) is 0 Å². The SMILES string of the molecule is COc1ccc2c(c1)cc(C(=O)NCCc1ccc(Cl)cc1)n2C. The maximum Gasteiger partial charge on any atom is 0.267 e. The predicted molar refractivity (Wildman–Crippen MR) is 97.0 cm³/mol. The summed E-state index contributed by atoms with van der Waals surface area (Å²) in [7, 11) is 3.53. The van der Waals surface area contributed by atoms with Crippen LogP contribution in [-0.4, -0.2) is 24.1 Å². The molecule has 124 valence electrons. The highest BCUT2D eigenvalue weighted by atomic mass is 35.5. The van der Waals surface area contributed by atoms with Gasteiger partial charge in [0.15, 0.2) is 0 Å². The molecule has 0 unspecified atom stereocenters. The van der Waals surface area contributed by atoms with Gasteiger partial charge in [0.1, 0.15) is 11.4 Å². The lowest BCUT2D eigenvalue weighted by Gasteiger charge is -2.07. The van der Waals surface area contributed by atoms with Crippen LogP contribution in [0.5, 0.6) is 5.75 Å². The van der Waals surface area contributed by atoms with E-state index in [1.54, 1.807) is 7.11 Å². The summed E-state index contributed by atoms with van der Waals surface area (Å²) >= 11 is 5.87. The number of aromatic nitrogens is 1.